The van der Waals surface area contributed by atoms with E-state index in [1.807, 2.05) is 37.9 Å². The molecule has 2 aromatic heterocycles. The fourth-order valence-corrected chi connectivity index (χ4v) is 8.55. The molecule has 0 unspecified atom stereocenters. The molecule has 0 spiro atoms. The Morgan fingerprint density at radius 2 is 1.61 bits per heavy atom. The lowest BCUT2D eigenvalue weighted by molar-refractivity contribution is -0.137. The molecule has 3 aliphatic heterocycles. The van der Waals surface area contributed by atoms with Gasteiger partial charge < -0.3 is 34.4 Å². The van der Waals surface area contributed by atoms with Crippen molar-refractivity contribution in [1.29, 1.82) is 0 Å². The predicted molar refractivity (Wildman–Crippen MR) is 213 cm³/mol. The Hall–Kier alpha value is -5.43. The van der Waals surface area contributed by atoms with Crippen molar-refractivity contribution in [3.05, 3.63) is 72.4 Å². The Labute approximate surface area is 326 Å². The van der Waals surface area contributed by atoms with Gasteiger partial charge in [-0.25, -0.2) is 19.6 Å². The molecule has 13 nitrogen and oxygen atoms in total. The Bertz CT molecular complexity index is 2250. The highest BCUT2D eigenvalue weighted by Crippen LogP contribution is 2.38. The third kappa shape index (κ3) is 7.69. The number of hydrogen-bond acceptors (Lipinski definition) is 8. The van der Waals surface area contributed by atoms with Gasteiger partial charge in [0.25, 0.3) is 0 Å². The molecule has 5 heterocycles. The summed E-state index contributed by atoms with van der Waals surface area (Å²) in [5, 5.41) is 5.03. The number of aromatic nitrogens is 4. The van der Waals surface area contributed by atoms with E-state index in [9.17, 15) is 14.4 Å². The molecule has 5 aromatic rings. The van der Waals surface area contributed by atoms with Gasteiger partial charge in [0.1, 0.15) is 23.3 Å². The first-order valence-corrected chi connectivity index (χ1v) is 19.8. The molecule has 8 rings (SSSR count). The van der Waals surface area contributed by atoms with Gasteiger partial charge in [-0.3, -0.25) is 9.69 Å². The van der Waals surface area contributed by atoms with E-state index in [2.05, 4.69) is 70.7 Å². The van der Waals surface area contributed by atoms with Crippen LogP contribution in [0.3, 0.4) is 0 Å². The van der Waals surface area contributed by atoms with Crippen LogP contribution in [-0.4, -0.2) is 92.9 Å². The minimum atomic E-state index is -0.688. The highest BCUT2D eigenvalue weighted by atomic mass is 16.6. The summed E-state index contributed by atoms with van der Waals surface area (Å²) in [5.74, 6) is 1.66. The first kappa shape index (κ1) is 37.5. The highest BCUT2D eigenvalue weighted by Gasteiger charge is 2.42. The summed E-state index contributed by atoms with van der Waals surface area (Å²) in [6.07, 6.45) is 4.83. The van der Waals surface area contributed by atoms with Crippen molar-refractivity contribution in [3.8, 4) is 22.4 Å². The Morgan fingerprint density at radius 3 is 2.36 bits per heavy atom. The van der Waals surface area contributed by atoms with Crippen LogP contribution in [0.15, 0.2) is 60.8 Å². The molecule has 0 bridgehead atoms. The quantitative estimate of drug-likeness (QED) is 0.151. The number of methoxy groups -OCH3 is 1. The molecular formula is C43H51N7O6. The average Bonchev–Trinajstić information content (AvgIpc) is 4.01. The summed E-state index contributed by atoms with van der Waals surface area (Å²) < 4.78 is 16.1. The molecule has 3 amide bonds. The number of carbonyl (C=O) groups excluding carboxylic acids is 3. The number of amides is 3. The van der Waals surface area contributed by atoms with E-state index in [1.165, 1.54) is 7.11 Å². The molecule has 3 N–H and O–H groups in total. The molecule has 0 saturated carbocycles. The Balaban J connectivity index is 0.993. The summed E-state index contributed by atoms with van der Waals surface area (Å²) in [5.41, 5.74) is 5.26. The third-order valence-electron chi connectivity index (χ3n) is 11.3. The van der Waals surface area contributed by atoms with E-state index in [0.29, 0.717) is 39.1 Å². The maximum Gasteiger partial charge on any atom is 0.410 e. The van der Waals surface area contributed by atoms with Crippen LogP contribution < -0.4 is 5.32 Å². The SMILES string of the molecule is COC(=O)N[C@H](C(=O)N1C[C@H](C)C[C@H]1c1ncc(-c2ccc3cc(-c4ccc5nc([C@@H]6CCCN6C(=O)OC(C)(C)C)[nH]c5c4)ccc3c2)[nH]1)C1CCOCC1. The van der Waals surface area contributed by atoms with Gasteiger partial charge in [0.2, 0.25) is 5.91 Å². The summed E-state index contributed by atoms with van der Waals surface area (Å²) >= 11 is 0. The van der Waals surface area contributed by atoms with E-state index in [-0.39, 0.29) is 35.9 Å². The van der Waals surface area contributed by atoms with Gasteiger partial charge in [-0.05, 0) is 111 Å². The second kappa shape index (κ2) is 15.2. The van der Waals surface area contributed by atoms with Crippen LogP contribution in [-0.2, 0) is 19.0 Å². The third-order valence-corrected chi connectivity index (χ3v) is 11.3. The zero-order chi connectivity index (χ0) is 39.1. The van der Waals surface area contributed by atoms with Crippen LogP contribution in [0.4, 0.5) is 9.59 Å². The van der Waals surface area contributed by atoms with E-state index in [1.54, 1.807) is 4.90 Å². The number of rotatable bonds is 7. The topological polar surface area (TPSA) is 155 Å². The van der Waals surface area contributed by atoms with E-state index >= 15 is 0 Å². The van der Waals surface area contributed by atoms with Gasteiger partial charge in [-0.2, -0.15) is 0 Å². The lowest BCUT2D eigenvalue weighted by Crippen LogP contribution is -2.53. The maximum atomic E-state index is 14.1. The molecule has 294 valence electrons. The Kier molecular flexibility index (Phi) is 10.2. The molecule has 0 aliphatic carbocycles. The first-order chi connectivity index (χ1) is 26.9. The molecular weight excluding hydrogens is 711 g/mol. The molecule has 3 aliphatic rings. The monoisotopic (exact) mass is 761 g/mol. The minimum Gasteiger partial charge on any atom is -0.453 e. The van der Waals surface area contributed by atoms with E-state index in [4.69, 9.17) is 24.2 Å². The molecule has 0 radical (unpaired) electrons. The van der Waals surface area contributed by atoms with Gasteiger partial charge in [0, 0.05) is 31.9 Å². The fraction of sp³-hybridized carbons (Fsp3) is 0.465. The number of imidazole rings is 2. The van der Waals surface area contributed by atoms with Gasteiger partial charge in [0.15, 0.2) is 0 Å². The molecule has 13 heteroatoms. The van der Waals surface area contributed by atoms with Crippen LogP contribution >= 0.6 is 0 Å². The van der Waals surface area contributed by atoms with Crippen molar-refractivity contribution in [3.63, 3.8) is 0 Å². The number of nitrogens with one attached hydrogen (secondary N) is 3. The normalized spacial score (nSPS) is 21.1. The number of likely N-dealkylation sites (tertiary alicyclic amines) is 2. The summed E-state index contributed by atoms with van der Waals surface area (Å²) in [4.78, 5) is 59.7. The van der Waals surface area contributed by atoms with Gasteiger partial charge in [-0.15, -0.1) is 0 Å². The summed E-state index contributed by atoms with van der Waals surface area (Å²) in [6, 6.07) is 18.0. The van der Waals surface area contributed by atoms with Gasteiger partial charge in [-0.1, -0.05) is 37.3 Å². The number of H-pyrrole nitrogens is 2. The van der Waals surface area contributed by atoms with Crippen LogP contribution in [0.2, 0.25) is 0 Å². The Morgan fingerprint density at radius 1 is 0.893 bits per heavy atom. The van der Waals surface area contributed by atoms with Crippen molar-refractivity contribution in [1.82, 2.24) is 35.1 Å². The number of alkyl carbamates (subject to hydrolysis) is 1. The molecule has 4 atom stereocenters. The number of ether oxygens (including phenoxy) is 3. The van der Waals surface area contributed by atoms with Gasteiger partial charge in [0.05, 0.1) is 42.1 Å². The number of hydrogen-bond donors (Lipinski definition) is 3. The number of carbonyl (C=O) groups is 3. The summed E-state index contributed by atoms with van der Waals surface area (Å²) in [7, 11) is 1.32. The average molecular weight is 762 g/mol. The zero-order valence-electron chi connectivity index (χ0n) is 32.8. The van der Waals surface area contributed by atoms with Crippen molar-refractivity contribution >= 4 is 39.9 Å². The largest absolute Gasteiger partial charge is 0.453 e. The highest BCUT2D eigenvalue weighted by molar-refractivity contribution is 5.92. The second-order valence-electron chi connectivity index (χ2n) is 16.6. The number of nitrogens with zero attached hydrogens (tertiary/aromatic N) is 4. The fourth-order valence-electron chi connectivity index (χ4n) is 8.55. The number of fused-ring (bicyclic) bond motifs is 2. The van der Waals surface area contributed by atoms with Crippen LogP contribution in [0, 0.1) is 11.8 Å². The standard InChI is InChI=1S/C43H51N7O6/c1-25-19-36(50(24-25)40(51)37(48-41(52)54-5)26-14-17-55-18-15-26)38-44-23-34(47-38)31-11-10-27-20-28(8-9-29(27)21-31)30-12-13-32-33(22-30)46-39(45-32)35-7-6-16-49(35)42(53)56-43(2,3)4/h8-13,20-23,25-26,35-37H,6-7,14-19,24H2,1-5H3,(H,44,47)(H,45,46)(H,48,52)/t25-,35+,36+,37+/m1/s1. The summed E-state index contributed by atoms with van der Waals surface area (Å²) in [6.45, 7) is 10.2. The van der Waals surface area contributed by atoms with Crippen LogP contribution in [0.1, 0.15) is 83.5 Å². The second-order valence-corrected chi connectivity index (χ2v) is 16.6. The van der Waals surface area contributed by atoms with E-state index in [0.717, 1.165) is 75.1 Å². The first-order valence-electron chi connectivity index (χ1n) is 19.8. The lowest BCUT2D eigenvalue weighted by Gasteiger charge is -2.34. The zero-order valence-corrected chi connectivity index (χ0v) is 32.8. The van der Waals surface area contributed by atoms with Gasteiger partial charge >= 0.3 is 12.2 Å². The van der Waals surface area contributed by atoms with Crippen molar-refractivity contribution in [2.75, 3.05) is 33.4 Å². The maximum absolute atomic E-state index is 14.1. The van der Waals surface area contributed by atoms with Crippen LogP contribution in [0.25, 0.3) is 44.2 Å². The number of aromatic amines is 2. The molecule has 3 saturated heterocycles. The molecule has 3 aromatic carbocycles. The lowest BCUT2D eigenvalue weighted by atomic mass is 9.90. The van der Waals surface area contributed by atoms with Crippen LogP contribution in [0.5, 0.6) is 0 Å². The smallest absolute Gasteiger partial charge is 0.410 e. The van der Waals surface area contributed by atoms with Crippen molar-refractivity contribution in [2.45, 2.75) is 83.5 Å². The molecule has 56 heavy (non-hydrogen) atoms. The minimum absolute atomic E-state index is 0.0289. The van der Waals surface area contributed by atoms with Crippen molar-refractivity contribution < 1.29 is 28.6 Å². The molecule has 3 fully saturated rings. The number of benzene rings is 3. The predicted octanol–water partition coefficient (Wildman–Crippen LogP) is 7.91. The van der Waals surface area contributed by atoms with E-state index < -0.39 is 17.7 Å². The van der Waals surface area contributed by atoms with Crippen molar-refractivity contribution in [2.24, 2.45) is 11.8 Å².